The van der Waals surface area contributed by atoms with Crippen LogP contribution in [0.1, 0.15) is 15.9 Å². The van der Waals surface area contributed by atoms with Crippen LogP contribution < -0.4 is 24.3 Å². The molecule has 0 radical (unpaired) electrons. The Morgan fingerprint density at radius 3 is 2.45 bits per heavy atom. The highest BCUT2D eigenvalue weighted by atomic mass is 32.1. The van der Waals surface area contributed by atoms with Crippen LogP contribution in [0.2, 0.25) is 0 Å². The molecule has 0 fully saturated rings. The maximum atomic E-state index is 12.7. The van der Waals surface area contributed by atoms with Crippen molar-refractivity contribution in [1.29, 1.82) is 0 Å². The first-order valence-electron chi connectivity index (χ1n) is 8.98. The predicted octanol–water partition coefficient (Wildman–Crippen LogP) is 4.16. The molecule has 3 aromatic rings. The number of hydrogen-bond donors (Lipinski definition) is 1. The zero-order valence-corrected chi connectivity index (χ0v) is 17.1. The molecule has 1 amide bonds. The summed E-state index contributed by atoms with van der Waals surface area (Å²) < 4.78 is 21.9. The molecule has 1 aliphatic heterocycles. The Labute approximate surface area is 172 Å². The first kappa shape index (κ1) is 19.1. The zero-order chi connectivity index (χ0) is 20.4. The predicted molar refractivity (Wildman–Crippen MR) is 111 cm³/mol. The molecule has 29 heavy (non-hydrogen) atoms. The van der Waals surface area contributed by atoms with Gasteiger partial charge in [0.1, 0.15) is 24.7 Å². The van der Waals surface area contributed by atoms with Gasteiger partial charge in [0.15, 0.2) is 16.6 Å². The van der Waals surface area contributed by atoms with Gasteiger partial charge in [-0.05, 0) is 37.3 Å². The van der Waals surface area contributed by atoms with Gasteiger partial charge in [-0.3, -0.25) is 10.1 Å². The number of hydrogen-bond acceptors (Lipinski definition) is 7. The summed E-state index contributed by atoms with van der Waals surface area (Å²) in [6.45, 7) is 2.95. The molecule has 1 aliphatic rings. The van der Waals surface area contributed by atoms with Crippen molar-refractivity contribution < 1.29 is 23.7 Å². The number of nitrogens with one attached hydrogen (secondary N) is 1. The fourth-order valence-electron chi connectivity index (χ4n) is 3.05. The monoisotopic (exact) mass is 412 g/mol. The molecular weight excluding hydrogens is 392 g/mol. The number of rotatable bonds is 5. The zero-order valence-electron chi connectivity index (χ0n) is 16.3. The van der Waals surface area contributed by atoms with Crippen molar-refractivity contribution in [2.45, 2.75) is 6.92 Å². The van der Waals surface area contributed by atoms with Crippen molar-refractivity contribution in [1.82, 2.24) is 4.98 Å². The second-order valence-corrected chi connectivity index (χ2v) is 7.21. The van der Waals surface area contributed by atoms with Gasteiger partial charge in [0, 0.05) is 22.1 Å². The van der Waals surface area contributed by atoms with E-state index in [-0.39, 0.29) is 5.91 Å². The third-order valence-electron chi connectivity index (χ3n) is 4.58. The number of anilines is 1. The summed E-state index contributed by atoms with van der Waals surface area (Å²) in [6.07, 6.45) is 0. The minimum Gasteiger partial charge on any atom is -0.496 e. The van der Waals surface area contributed by atoms with Crippen LogP contribution in [0.5, 0.6) is 23.0 Å². The SMILES string of the molecule is COc1cc(C(=O)Nc2nc(-c3ccc4c(c3)OCCO4)cs2)cc(OC)c1C. The normalized spacial score (nSPS) is 12.4. The first-order valence-corrected chi connectivity index (χ1v) is 9.86. The van der Waals surface area contributed by atoms with E-state index >= 15 is 0 Å². The highest BCUT2D eigenvalue weighted by Gasteiger charge is 2.17. The molecule has 0 unspecified atom stereocenters. The Kier molecular flexibility index (Phi) is 5.26. The average molecular weight is 412 g/mol. The number of aromatic nitrogens is 1. The van der Waals surface area contributed by atoms with Crippen molar-refractivity contribution in [3.63, 3.8) is 0 Å². The number of amides is 1. The summed E-state index contributed by atoms with van der Waals surface area (Å²) in [6, 6.07) is 9.05. The molecule has 0 atom stereocenters. The molecule has 1 aromatic heterocycles. The molecule has 4 rings (SSSR count). The van der Waals surface area contributed by atoms with Crippen LogP contribution in [-0.4, -0.2) is 38.3 Å². The molecule has 8 heteroatoms. The van der Waals surface area contributed by atoms with E-state index in [1.54, 1.807) is 26.4 Å². The highest BCUT2D eigenvalue weighted by molar-refractivity contribution is 7.14. The number of carbonyl (C=O) groups excluding carboxylic acids is 1. The summed E-state index contributed by atoms with van der Waals surface area (Å²) in [5.41, 5.74) is 2.91. The van der Waals surface area contributed by atoms with Gasteiger partial charge in [0.05, 0.1) is 19.9 Å². The van der Waals surface area contributed by atoms with Crippen LogP contribution in [0.15, 0.2) is 35.7 Å². The molecule has 0 bridgehead atoms. The lowest BCUT2D eigenvalue weighted by atomic mass is 10.1. The van der Waals surface area contributed by atoms with E-state index in [2.05, 4.69) is 10.3 Å². The number of benzene rings is 2. The van der Waals surface area contributed by atoms with Crippen LogP contribution >= 0.6 is 11.3 Å². The third kappa shape index (κ3) is 3.84. The van der Waals surface area contributed by atoms with E-state index < -0.39 is 0 Å². The Hall–Kier alpha value is -3.26. The maximum Gasteiger partial charge on any atom is 0.257 e. The lowest BCUT2D eigenvalue weighted by Gasteiger charge is -2.18. The Bertz CT molecular complexity index is 1040. The van der Waals surface area contributed by atoms with E-state index in [1.165, 1.54) is 11.3 Å². The summed E-state index contributed by atoms with van der Waals surface area (Å²) in [5, 5.41) is 5.22. The van der Waals surface area contributed by atoms with Gasteiger partial charge in [-0.15, -0.1) is 11.3 Å². The number of nitrogens with zero attached hydrogens (tertiary/aromatic N) is 1. The molecule has 7 nitrogen and oxygen atoms in total. The first-order chi connectivity index (χ1) is 14.1. The van der Waals surface area contributed by atoms with Gasteiger partial charge in [-0.25, -0.2) is 4.98 Å². The molecule has 0 aliphatic carbocycles. The van der Waals surface area contributed by atoms with Crippen LogP contribution in [0.4, 0.5) is 5.13 Å². The van der Waals surface area contributed by atoms with E-state index in [1.807, 2.05) is 30.5 Å². The van der Waals surface area contributed by atoms with Crippen LogP contribution in [0.25, 0.3) is 11.3 Å². The maximum absolute atomic E-state index is 12.7. The molecule has 2 aromatic carbocycles. The van der Waals surface area contributed by atoms with Gasteiger partial charge in [-0.1, -0.05) is 0 Å². The Balaban J connectivity index is 1.54. The van der Waals surface area contributed by atoms with Crippen LogP contribution in [-0.2, 0) is 0 Å². The van der Waals surface area contributed by atoms with Crippen molar-refractivity contribution in [2.75, 3.05) is 32.8 Å². The average Bonchev–Trinajstić information content (AvgIpc) is 3.22. The van der Waals surface area contributed by atoms with Crippen molar-refractivity contribution in [3.8, 4) is 34.3 Å². The largest absolute Gasteiger partial charge is 0.496 e. The van der Waals surface area contributed by atoms with E-state index in [4.69, 9.17) is 18.9 Å². The number of methoxy groups -OCH3 is 2. The van der Waals surface area contributed by atoms with E-state index in [0.29, 0.717) is 41.2 Å². The van der Waals surface area contributed by atoms with Crippen molar-refractivity contribution in [2.24, 2.45) is 0 Å². The molecule has 0 saturated carbocycles. The summed E-state index contributed by atoms with van der Waals surface area (Å²) in [4.78, 5) is 17.2. The van der Waals surface area contributed by atoms with Gasteiger partial charge in [0.25, 0.3) is 5.91 Å². The number of carbonyl (C=O) groups is 1. The molecular formula is C21H20N2O5S. The lowest BCUT2D eigenvalue weighted by Crippen LogP contribution is -2.15. The minimum absolute atomic E-state index is 0.287. The molecule has 2 heterocycles. The lowest BCUT2D eigenvalue weighted by molar-refractivity contribution is 0.102. The smallest absolute Gasteiger partial charge is 0.257 e. The van der Waals surface area contributed by atoms with Crippen LogP contribution in [0, 0.1) is 6.92 Å². The number of ether oxygens (including phenoxy) is 4. The topological polar surface area (TPSA) is 78.9 Å². The van der Waals surface area contributed by atoms with E-state index in [0.717, 1.165) is 22.6 Å². The highest BCUT2D eigenvalue weighted by Crippen LogP contribution is 2.35. The number of thiazole rings is 1. The fraction of sp³-hybridized carbons (Fsp3) is 0.238. The Morgan fingerprint density at radius 1 is 1.07 bits per heavy atom. The Morgan fingerprint density at radius 2 is 1.76 bits per heavy atom. The van der Waals surface area contributed by atoms with E-state index in [9.17, 15) is 4.79 Å². The van der Waals surface area contributed by atoms with Crippen LogP contribution in [0.3, 0.4) is 0 Å². The second-order valence-electron chi connectivity index (χ2n) is 6.36. The quantitative estimate of drug-likeness (QED) is 0.678. The fourth-order valence-corrected chi connectivity index (χ4v) is 3.77. The minimum atomic E-state index is -0.287. The molecule has 0 saturated heterocycles. The van der Waals surface area contributed by atoms with Gasteiger partial charge in [0.2, 0.25) is 0 Å². The summed E-state index contributed by atoms with van der Waals surface area (Å²) >= 11 is 1.35. The summed E-state index contributed by atoms with van der Waals surface area (Å²) in [7, 11) is 3.12. The van der Waals surface area contributed by atoms with Gasteiger partial charge < -0.3 is 18.9 Å². The molecule has 0 spiro atoms. The second kappa shape index (κ2) is 8.00. The number of fused-ring (bicyclic) bond motifs is 1. The molecule has 1 N–H and O–H groups in total. The van der Waals surface area contributed by atoms with Crippen molar-refractivity contribution in [3.05, 3.63) is 46.8 Å². The van der Waals surface area contributed by atoms with Crippen molar-refractivity contribution >= 4 is 22.4 Å². The van der Waals surface area contributed by atoms with Gasteiger partial charge >= 0.3 is 0 Å². The third-order valence-corrected chi connectivity index (χ3v) is 5.33. The molecule has 150 valence electrons. The van der Waals surface area contributed by atoms with Gasteiger partial charge in [-0.2, -0.15) is 0 Å². The standard InChI is InChI=1S/C21H20N2O5S/c1-12-17(25-2)9-14(10-18(12)26-3)20(24)23-21-22-15(11-29-21)13-4-5-16-19(8-13)28-7-6-27-16/h4-5,8-11H,6-7H2,1-3H3,(H,22,23,24). The summed E-state index contributed by atoms with van der Waals surface area (Å²) in [5.74, 6) is 2.32.